The Bertz CT molecular complexity index is 927. The van der Waals surface area contributed by atoms with Gasteiger partial charge in [-0.3, -0.25) is 9.78 Å². The number of amides is 1. The van der Waals surface area contributed by atoms with E-state index >= 15 is 0 Å². The highest BCUT2D eigenvalue weighted by Gasteiger charge is 2.25. The SMILES string of the molecule is CC[C@H]1CN(C(=O)c2cc(-c3ccncc3)nc3ccccc23)CCO1. The average molecular weight is 347 g/mol. The molecule has 0 N–H and O–H groups in total. The van der Waals surface area contributed by atoms with Gasteiger partial charge in [-0.25, -0.2) is 4.98 Å². The quantitative estimate of drug-likeness (QED) is 0.727. The molecule has 1 aliphatic rings. The van der Waals surface area contributed by atoms with Crippen LogP contribution in [0.4, 0.5) is 0 Å². The summed E-state index contributed by atoms with van der Waals surface area (Å²) in [6.45, 7) is 3.93. The van der Waals surface area contributed by atoms with Crippen molar-refractivity contribution < 1.29 is 9.53 Å². The van der Waals surface area contributed by atoms with Gasteiger partial charge in [0.25, 0.3) is 5.91 Å². The van der Waals surface area contributed by atoms with E-state index in [0.29, 0.717) is 25.3 Å². The Balaban J connectivity index is 1.79. The van der Waals surface area contributed by atoms with Crippen LogP contribution in [0.15, 0.2) is 54.9 Å². The molecule has 5 heteroatoms. The number of fused-ring (bicyclic) bond motifs is 1. The number of pyridine rings is 2. The average Bonchev–Trinajstić information content (AvgIpc) is 2.73. The van der Waals surface area contributed by atoms with E-state index < -0.39 is 0 Å². The van der Waals surface area contributed by atoms with Crippen molar-refractivity contribution in [3.05, 3.63) is 60.4 Å². The first-order valence-electron chi connectivity index (χ1n) is 8.97. The highest BCUT2D eigenvalue weighted by Crippen LogP contribution is 2.26. The summed E-state index contributed by atoms with van der Waals surface area (Å²) in [5.74, 6) is 0.0423. The summed E-state index contributed by atoms with van der Waals surface area (Å²) in [7, 11) is 0. The fourth-order valence-electron chi connectivity index (χ4n) is 3.34. The number of rotatable bonds is 3. The largest absolute Gasteiger partial charge is 0.375 e. The molecule has 2 aromatic heterocycles. The van der Waals surface area contributed by atoms with E-state index in [1.165, 1.54) is 0 Å². The Morgan fingerprint density at radius 3 is 2.85 bits per heavy atom. The number of nitrogens with zero attached hydrogens (tertiary/aromatic N) is 3. The van der Waals surface area contributed by atoms with Gasteiger partial charge in [-0.2, -0.15) is 0 Å². The first-order valence-corrected chi connectivity index (χ1v) is 8.97. The van der Waals surface area contributed by atoms with Crippen LogP contribution in [0.1, 0.15) is 23.7 Å². The molecule has 0 aliphatic carbocycles. The van der Waals surface area contributed by atoms with E-state index in [9.17, 15) is 4.79 Å². The summed E-state index contributed by atoms with van der Waals surface area (Å²) >= 11 is 0. The van der Waals surface area contributed by atoms with Crippen LogP contribution in [0, 0.1) is 0 Å². The molecule has 1 aliphatic heterocycles. The van der Waals surface area contributed by atoms with Crippen molar-refractivity contribution in [3.8, 4) is 11.3 Å². The topological polar surface area (TPSA) is 55.3 Å². The predicted molar refractivity (Wildman–Crippen MR) is 101 cm³/mol. The minimum atomic E-state index is 0.0423. The molecular formula is C21H21N3O2. The second kappa shape index (κ2) is 7.22. The van der Waals surface area contributed by atoms with Gasteiger partial charge in [-0.15, -0.1) is 0 Å². The van der Waals surface area contributed by atoms with Gasteiger partial charge < -0.3 is 9.64 Å². The van der Waals surface area contributed by atoms with Gasteiger partial charge in [0, 0.05) is 36.4 Å². The van der Waals surface area contributed by atoms with Crippen LogP contribution in [-0.2, 0) is 4.74 Å². The number of carbonyl (C=O) groups is 1. The van der Waals surface area contributed by atoms with Crippen molar-refractivity contribution in [2.45, 2.75) is 19.4 Å². The normalized spacial score (nSPS) is 17.4. The second-order valence-corrected chi connectivity index (χ2v) is 6.46. The molecule has 1 saturated heterocycles. The molecule has 0 radical (unpaired) electrons. The number of hydrogen-bond acceptors (Lipinski definition) is 4. The van der Waals surface area contributed by atoms with Crippen LogP contribution in [0.3, 0.4) is 0 Å². The number of ether oxygens (including phenoxy) is 1. The maximum absolute atomic E-state index is 13.3. The van der Waals surface area contributed by atoms with Crippen molar-refractivity contribution in [1.29, 1.82) is 0 Å². The molecule has 0 saturated carbocycles. The maximum Gasteiger partial charge on any atom is 0.254 e. The van der Waals surface area contributed by atoms with E-state index in [2.05, 4.69) is 11.9 Å². The first kappa shape index (κ1) is 16.7. The van der Waals surface area contributed by atoms with Crippen LogP contribution >= 0.6 is 0 Å². The third-order valence-corrected chi connectivity index (χ3v) is 4.80. The molecule has 3 aromatic rings. The fraction of sp³-hybridized carbons (Fsp3) is 0.286. The highest BCUT2D eigenvalue weighted by molar-refractivity contribution is 6.07. The Labute approximate surface area is 152 Å². The maximum atomic E-state index is 13.3. The monoisotopic (exact) mass is 347 g/mol. The third-order valence-electron chi connectivity index (χ3n) is 4.80. The molecule has 26 heavy (non-hydrogen) atoms. The molecule has 1 atom stereocenters. The lowest BCUT2D eigenvalue weighted by Crippen LogP contribution is -2.45. The van der Waals surface area contributed by atoms with Crippen molar-refractivity contribution >= 4 is 16.8 Å². The van der Waals surface area contributed by atoms with Crippen LogP contribution in [0.5, 0.6) is 0 Å². The molecule has 132 valence electrons. The zero-order valence-corrected chi connectivity index (χ0v) is 14.8. The standard InChI is InChI=1S/C21H21N3O2/c1-2-16-14-24(11-12-26-16)21(25)18-13-20(15-7-9-22-10-8-15)23-19-6-4-3-5-17(18)19/h3-10,13,16H,2,11-12,14H2,1H3/t16-/m0/s1. The zero-order chi connectivity index (χ0) is 17.9. The molecule has 4 rings (SSSR count). The molecule has 1 amide bonds. The number of hydrogen-bond donors (Lipinski definition) is 0. The number of aromatic nitrogens is 2. The molecular weight excluding hydrogens is 326 g/mol. The van der Waals surface area contributed by atoms with Crippen LogP contribution in [0.25, 0.3) is 22.2 Å². The van der Waals surface area contributed by atoms with Crippen molar-refractivity contribution in [3.63, 3.8) is 0 Å². The zero-order valence-electron chi connectivity index (χ0n) is 14.8. The van der Waals surface area contributed by atoms with E-state index in [4.69, 9.17) is 9.72 Å². The van der Waals surface area contributed by atoms with Gasteiger partial charge in [-0.1, -0.05) is 25.1 Å². The molecule has 3 heterocycles. The number of benzene rings is 1. The summed E-state index contributed by atoms with van der Waals surface area (Å²) in [6.07, 6.45) is 4.49. The lowest BCUT2D eigenvalue weighted by Gasteiger charge is -2.32. The molecule has 0 unspecified atom stereocenters. The van der Waals surface area contributed by atoms with Crippen LogP contribution in [-0.4, -0.2) is 46.6 Å². The third kappa shape index (κ3) is 3.18. The van der Waals surface area contributed by atoms with E-state index in [-0.39, 0.29) is 12.0 Å². The van der Waals surface area contributed by atoms with Gasteiger partial charge in [0.2, 0.25) is 0 Å². The first-order chi connectivity index (χ1) is 12.8. The molecule has 5 nitrogen and oxygen atoms in total. The summed E-state index contributed by atoms with van der Waals surface area (Å²) in [5.41, 5.74) is 3.26. The molecule has 0 spiro atoms. The van der Waals surface area contributed by atoms with Gasteiger partial charge in [0.15, 0.2) is 0 Å². The van der Waals surface area contributed by atoms with E-state index in [1.54, 1.807) is 12.4 Å². The van der Waals surface area contributed by atoms with Crippen molar-refractivity contribution in [2.75, 3.05) is 19.7 Å². The van der Waals surface area contributed by atoms with E-state index in [0.717, 1.165) is 28.6 Å². The number of carbonyl (C=O) groups excluding carboxylic acids is 1. The Kier molecular flexibility index (Phi) is 4.63. The Morgan fingerprint density at radius 1 is 1.23 bits per heavy atom. The van der Waals surface area contributed by atoms with E-state index in [1.807, 2.05) is 47.4 Å². The minimum absolute atomic E-state index is 0.0423. The Morgan fingerprint density at radius 2 is 2.04 bits per heavy atom. The lowest BCUT2D eigenvalue weighted by atomic mass is 10.0. The summed E-state index contributed by atoms with van der Waals surface area (Å²) in [6, 6.07) is 13.5. The van der Waals surface area contributed by atoms with Gasteiger partial charge in [-0.05, 0) is 30.7 Å². The summed E-state index contributed by atoms with van der Waals surface area (Å²) in [4.78, 5) is 24.0. The number of para-hydroxylation sites is 1. The smallest absolute Gasteiger partial charge is 0.254 e. The second-order valence-electron chi connectivity index (χ2n) is 6.46. The van der Waals surface area contributed by atoms with Crippen molar-refractivity contribution in [1.82, 2.24) is 14.9 Å². The summed E-state index contributed by atoms with van der Waals surface area (Å²) < 4.78 is 5.71. The predicted octanol–water partition coefficient (Wildman–Crippen LogP) is 3.55. The molecule has 1 aromatic carbocycles. The van der Waals surface area contributed by atoms with Gasteiger partial charge >= 0.3 is 0 Å². The van der Waals surface area contributed by atoms with Crippen LogP contribution in [0.2, 0.25) is 0 Å². The molecule has 0 bridgehead atoms. The fourth-order valence-corrected chi connectivity index (χ4v) is 3.34. The number of morpholine rings is 1. The van der Waals surface area contributed by atoms with Crippen LogP contribution < -0.4 is 0 Å². The van der Waals surface area contributed by atoms with Gasteiger partial charge in [0.05, 0.1) is 29.5 Å². The summed E-state index contributed by atoms with van der Waals surface area (Å²) in [5, 5.41) is 0.884. The Hall–Kier alpha value is -2.79. The minimum Gasteiger partial charge on any atom is -0.375 e. The van der Waals surface area contributed by atoms with Crippen molar-refractivity contribution in [2.24, 2.45) is 0 Å². The molecule has 1 fully saturated rings. The van der Waals surface area contributed by atoms with Gasteiger partial charge in [0.1, 0.15) is 0 Å². The lowest BCUT2D eigenvalue weighted by molar-refractivity contribution is -0.0225. The highest BCUT2D eigenvalue weighted by atomic mass is 16.5.